The van der Waals surface area contributed by atoms with Gasteiger partial charge in [-0.1, -0.05) is 32.5 Å². The largest absolute Gasteiger partial charge is 0.392 e. The molecular formula is C14H20N2O. The Morgan fingerprint density at radius 1 is 1.41 bits per heavy atom. The molecule has 0 saturated carbocycles. The van der Waals surface area contributed by atoms with Gasteiger partial charge < -0.3 is 10.1 Å². The van der Waals surface area contributed by atoms with Crippen LogP contribution in [0.3, 0.4) is 0 Å². The molecule has 0 spiro atoms. The van der Waals surface area contributed by atoms with Crippen LogP contribution in [-0.4, -0.2) is 15.1 Å². The number of aromatic amines is 1. The molecule has 0 aliphatic carbocycles. The zero-order valence-electron chi connectivity index (χ0n) is 9.57. The van der Waals surface area contributed by atoms with E-state index < -0.39 is 0 Å². The van der Waals surface area contributed by atoms with Crippen molar-refractivity contribution in [1.82, 2.24) is 9.97 Å². The molecule has 0 fully saturated rings. The highest BCUT2D eigenvalue weighted by atomic mass is 16.3. The summed E-state index contributed by atoms with van der Waals surface area (Å²) in [6.07, 6.45) is 3.53. The first-order valence-corrected chi connectivity index (χ1v) is 5.41. The first kappa shape index (κ1) is 13.5. The molecule has 2 N–H and O–H groups in total. The maximum atomic E-state index is 9.24. The number of aliphatic hydroxyl groups is 1. The summed E-state index contributed by atoms with van der Waals surface area (Å²) in [6, 6.07) is 6.04. The van der Waals surface area contributed by atoms with Gasteiger partial charge in [0.1, 0.15) is 0 Å². The summed E-state index contributed by atoms with van der Waals surface area (Å²) < 4.78 is 0. The van der Waals surface area contributed by atoms with Gasteiger partial charge in [-0.05, 0) is 23.6 Å². The number of H-pyrrole nitrogens is 1. The van der Waals surface area contributed by atoms with E-state index in [-0.39, 0.29) is 20.0 Å². The van der Waals surface area contributed by atoms with Crippen LogP contribution in [0, 0.1) is 6.92 Å². The standard InChI is InChI=1S/C13H16N2O.CH4/c1-9-11(7-16)4-3-5-12(9)10(2)13-6-14-8-15-13;/h3-6,8,10,16H,7H2,1-2H3,(H,14,15);1H4/t10-;/m1./s1. The first-order valence-electron chi connectivity index (χ1n) is 5.41. The zero-order chi connectivity index (χ0) is 11.5. The van der Waals surface area contributed by atoms with E-state index in [1.807, 2.05) is 25.3 Å². The Balaban J connectivity index is 0.00000144. The number of aliphatic hydroxyl groups excluding tert-OH is 1. The summed E-state index contributed by atoms with van der Waals surface area (Å²) in [5, 5.41) is 9.24. The van der Waals surface area contributed by atoms with Gasteiger partial charge >= 0.3 is 0 Å². The molecule has 0 aliphatic heterocycles. The molecule has 3 heteroatoms. The van der Waals surface area contributed by atoms with Gasteiger partial charge in [-0.15, -0.1) is 0 Å². The highest BCUT2D eigenvalue weighted by Gasteiger charge is 2.13. The monoisotopic (exact) mass is 232 g/mol. The van der Waals surface area contributed by atoms with Crippen molar-refractivity contribution in [2.45, 2.75) is 33.8 Å². The molecule has 1 atom stereocenters. The van der Waals surface area contributed by atoms with Gasteiger partial charge in [-0.2, -0.15) is 0 Å². The quantitative estimate of drug-likeness (QED) is 0.854. The SMILES string of the molecule is C.Cc1c(CO)cccc1[C@@H](C)c1cnc[nH]1. The molecule has 2 aromatic rings. The van der Waals surface area contributed by atoms with Crippen molar-refractivity contribution in [1.29, 1.82) is 0 Å². The van der Waals surface area contributed by atoms with E-state index in [0.29, 0.717) is 0 Å². The summed E-state index contributed by atoms with van der Waals surface area (Å²) in [7, 11) is 0. The highest BCUT2D eigenvalue weighted by Crippen LogP contribution is 2.26. The van der Waals surface area contributed by atoms with Crippen LogP contribution in [-0.2, 0) is 6.61 Å². The zero-order valence-corrected chi connectivity index (χ0v) is 9.57. The molecule has 1 aromatic heterocycles. The van der Waals surface area contributed by atoms with Crippen LogP contribution in [0.4, 0.5) is 0 Å². The van der Waals surface area contributed by atoms with Crippen molar-refractivity contribution < 1.29 is 5.11 Å². The molecule has 92 valence electrons. The maximum absolute atomic E-state index is 9.24. The second kappa shape index (κ2) is 5.64. The topological polar surface area (TPSA) is 48.9 Å². The molecule has 2 rings (SSSR count). The predicted octanol–water partition coefficient (Wildman–Crippen LogP) is 3.00. The average Bonchev–Trinajstić information content (AvgIpc) is 2.82. The number of hydrogen-bond acceptors (Lipinski definition) is 2. The van der Waals surface area contributed by atoms with Crippen LogP contribution >= 0.6 is 0 Å². The van der Waals surface area contributed by atoms with Crippen molar-refractivity contribution in [2.75, 3.05) is 0 Å². The van der Waals surface area contributed by atoms with Gasteiger partial charge in [0.2, 0.25) is 0 Å². The number of aromatic nitrogens is 2. The predicted molar refractivity (Wildman–Crippen MR) is 69.9 cm³/mol. The van der Waals surface area contributed by atoms with Crippen molar-refractivity contribution in [3.05, 3.63) is 53.1 Å². The number of nitrogens with one attached hydrogen (secondary N) is 1. The third kappa shape index (κ3) is 2.56. The molecule has 0 bridgehead atoms. The van der Waals surface area contributed by atoms with Crippen LogP contribution < -0.4 is 0 Å². The second-order valence-electron chi connectivity index (χ2n) is 4.02. The van der Waals surface area contributed by atoms with E-state index in [9.17, 15) is 5.11 Å². The lowest BCUT2D eigenvalue weighted by molar-refractivity contribution is 0.281. The fraction of sp³-hybridized carbons (Fsp3) is 0.357. The fourth-order valence-electron chi connectivity index (χ4n) is 2.01. The van der Waals surface area contributed by atoms with Gasteiger partial charge in [0.25, 0.3) is 0 Å². The average molecular weight is 232 g/mol. The summed E-state index contributed by atoms with van der Waals surface area (Å²) in [4.78, 5) is 7.16. The van der Waals surface area contributed by atoms with Crippen molar-refractivity contribution in [3.63, 3.8) is 0 Å². The summed E-state index contributed by atoms with van der Waals surface area (Å²) >= 11 is 0. The van der Waals surface area contributed by atoms with Gasteiger partial charge in [0.15, 0.2) is 0 Å². The molecule has 3 nitrogen and oxygen atoms in total. The number of hydrogen-bond donors (Lipinski definition) is 2. The van der Waals surface area contributed by atoms with Gasteiger partial charge in [-0.3, -0.25) is 0 Å². The lowest BCUT2D eigenvalue weighted by atomic mass is 9.91. The minimum absolute atomic E-state index is 0. The highest BCUT2D eigenvalue weighted by molar-refractivity contribution is 5.38. The van der Waals surface area contributed by atoms with Crippen LogP contribution in [0.25, 0.3) is 0 Å². The Morgan fingerprint density at radius 2 is 2.18 bits per heavy atom. The Labute approximate surface area is 103 Å². The molecular weight excluding hydrogens is 212 g/mol. The summed E-state index contributed by atoms with van der Waals surface area (Å²) in [5.74, 6) is 0.272. The van der Waals surface area contributed by atoms with Gasteiger partial charge in [0.05, 0.1) is 12.9 Å². The van der Waals surface area contributed by atoms with E-state index in [2.05, 4.69) is 23.0 Å². The van der Waals surface area contributed by atoms with Crippen molar-refractivity contribution in [3.8, 4) is 0 Å². The summed E-state index contributed by atoms with van der Waals surface area (Å²) in [6.45, 7) is 4.28. The van der Waals surface area contributed by atoms with Crippen LogP contribution in [0.15, 0.2) is 30.7 Å². The van der Waals surface area contributed by atoms with E-state index in [0.717, 1.165) is 16.8 Å². The minimum Gasteiger partial charge on any atom is -0.392 e. The second-order valence-corrected chi connectivity index (χ2v) is 4.02. The molecule has 17 heavy (non-hydrogen) atoms. The molecule has 0 aliphatic rings. The molecule has 0 saturated heterocycles. The van der Waals surface area contributed by atoms with Crippen molar-refractivity contribution >= 4 is 0 Å². The molecule has 1 heterocycles. The van der Waals surface area contributed by atoms with Gasteiger partial charge in [0, 0.05) is 17.8 Å². The lowest BCUT2D eigenvalue weighted by Gasteiger charge is -2.15. The van der Waals surface area contributed by atoms with E-state index in [1.165, 1.54) is 5.56 Å². The van der Waals surface area contributed by atoms with Gasteiger partial charge in [-0.25, -0.2) is 4.98 Å². The minimum atomic E-state index is 0. The Kier molecular flexibility index (Phi) is 4.46. The summed E-state index contributed by atoms with van der Waals surface area (Å²) in [5.41, 5.74) is 4.48. The Bertz CT molecular complexity index is 463. The molecule has 1 aromatic carbocycles. The number of rotatable bonds is 3. The van der Waals surface area contributed by atoms with E-state index >= 15 is 0 Å². The number of nitrogens with zero attached hydrogens (tertiary/aromatic N) is 1. The number of imidazole rings is 1. The van der Waals surface area contributed by atoms with Crippen LogP contribution in [0.5, 0.6) is 0 Å². The molecule has 0 unspecified atom stereocenters. The van der Waals surface area contributed by atoms with E-state index in [4.69, 9.17) is 0 Å². The van der Waals surface area contributed by atoms with Crippen molar-refractivity contribution in [2.24, 2.45) is 0 Å². The Hall–Kier alpha value is -1.61. The lowest BCUT2D eigenvalue weighted by Crippen LogP contribution is -2.02. The molecule has 0 amide bonds. The van der Waals surface area contributed by atoms with Crippen LogP contribution in [0.1, 0.15) is 42.7 Å². The maximum Gasteiger partial charge on any atom is 0.0921 e. The Morgan fingerprint density at radius 3 is 2.76 bits per heavy atom. The van der Waals surface area contributed by atoms with E-state index in [1.54, 1.807) is 6.33 Å². The molecule has 0 radical (unpaired) electrons. The third-order valence-electron chi connectivity index (χ3n) is 3.11. The number of benzene rings is 1. The fourth-order valence-corrected chi connectivity index (χ4v) is 2.01. The normalized spacial score (nSPS) is 11.9. The first-order chi connectivity index (χ1) is 7.74. The van der Waals surface area contributed by atoms with Crippen LogP contribution in [0.2, 0.25) is 0 Å². The smallest absolute Gasteiger partial charge is 0.0921 e. The third-order valence-corrected chi connectivity index (χ3v) is 3.11.